The number of nitrogens with two attached hydrogens (primary N) is 1. The van der Waals surface area contributed by atoms with E-state index in [0.29, 0.717) is 0 Å². The Bertz CT molecular complexity index is 398. The highest BCUT2D eigenvalue weighted by Crippen LogP contribution is 2.43. The monoisotopic (exact) mass is 252 g/mol. The molecule has 0 aliphatic heterocycles. The number of amides is 2. The van der Waals surface area contributed by atoms with E-state index < -0.39 is 11.7 Å². The molecule has 2 aliphatic rings. The van der Waals surface area contributed by atoms with Gasteiger partial charge in [0.05, 0.1) is 12.0 Å². The van der Waals surface area contributed by atoms with Gasteiger partial charge >= 0.3 is 6.09 Å². The maximum absolute atomic E-state index is 11.7. The van der Waals surface area contributed by atoms with Crippen LogP contribution in [0, 0.1) is 17.8 Å². The predicted octanol–water partition coefficient (Wildman–Crippen LogP) is 1.19. The standard InChI is InChI=1S/C13H20N2O3/c1-13(2,3)18-12(17)15-10-8-5-4-7(6-8)9(10)11(14)16/h4-5,7-10H,6H2,1-3H3,(H2,14,16)(H,15,17)/t7-,8-,9-,10+/m0/s1. The number of nitrogens with one attached hydrogen (secondary N) is 1. The maximum atomic E-state index is 11.7. The quantitative estimate of drug-likeness (QED) is 0.724. The second-order valence-corrected chi connectivity index (χ2v) is 6.05. The lowest BCUT2D eigenvalue weighted by Crippen LogP contribution is -2.48. The minimum Gasteiger partial charge on any atom is -0.444 e. The van der Waals surface area contributed by atoms with Crippen molar-refractivity contribution in [2.75, 3.05) is 0 Å². The van der Waals surface area contributed by atoms with Crippen molar-refractivity contribution < 1.29 is 14.3 Å². The molecular formula is C13H20N2O3. The largest absolute Gasteiger partial charge is 0.444 e. The van der Waals surface area contributed by atoms with Crippen molar-refractivity contribution in [3.8, 4) is 0 Å². The number of hydrogen-bond acceptors (Lipinski definition) is 3. The number of allylic oxidation sites excluding steroid dienone is 1. The van der Waals surface area contributed by atoms with Crippen molar-refractivity contribution in [2.45, 2.75) is 38.8 Å². The molecule has 0 spiro atoms. The Morgan fingerprint density at radius 2 is 1.89 bits per heavy atom. The number of primary amides is 1. The van der Waals surface area contributed by atoms with E-state index in [0.717, 1.165) is 6.42 Å². The van der Waals surface area contributed by atoms with Gasteiger partial charge in [0.15, 0.2) is 0 Å². The van der Waals surface area contributed by atoms with Gasteiger partial charge in [-0.1, -0.05) is 12.2 Å². The second kappa shape index (κ2) is 4.30. The molecule has 0 aromatic rings. The van der Waals surface area contributed by atoms with Gasteiger partial charge in [-0.3, -0.25) is 4.79 Å². The average molecular weight is 252 g/mol. The fraction of sp³-hybridized carbons (Fsp3) is 0.692. The van der Waals surface area contributed by atoms with Crippen LogP contribution in [-0.2, 0) is 9.53 Å². The van der Waals surface area contributed by atoms with Crippen molar-refractivity contribution >= 4 is 12.0 Å². The van der Waals surface area contributed by atoms with Crippen molar-refractivity contribution in [3.05, 3.63) is 12.2 Å². The third-order valence-electron chi connectivity index (χ3n) is 3.47. The van der Waals surface area contributed by atoms with E-state index in [1.165, 1.54) is 0 Å². The lowest BCUT2D eigenvalue weighted by molar-refractivity contribution is -0.123. The van der Waals surface area contributed by atoms with Gasteiger partial charge in [-0.15, -0.1) is 0 Å². The molecule has 1 saturated carbocycles. The molecule has 5 nitrogen and oxygen atoms in total. The Hall–Kier alpha value is -1.52. The summed E-state index contributed by atoms with van der Waals surface area (Å²) in [5.74, 6) is -0.312. The van der Waals surface area contributed by atoms with Crippen LogP contribution in [0.3, 0.4) is 0 Å². The third kappa shape index (κ3) is 2.49. The summed E-state index contributed by atoms with van der Waals surface area (Å²) in [5, 5.41) is 2.79. The molecule has 2 rings (SSSR count). The number of hydrogen-bond donors (Lipinski definition) is 2. The predicted molar refractivity (Wildman–Crippen MR) is 66.6 cm³/mol. The van der Waals surface area contributed by atoms with Gasteiger partial charge in [0.25, 0.3) is 0 Å². The molecule has 5 heteroatoms. The zero-order chi connectivity index (χ0) is 13.5. The van der Waals surface area contributed by atoms with Crippen LogP contribution in [0.2, 0.25) is 0 Å². The first-order valence-corrected chi connectivity index (χ1v) is 6.25. The van der Waals surface area contributed by atoms with Crippen molar-refractivity contribution in [1.29, 1.82) is 0 Å². The highest BCUT2D eigenvalue weighted by atomic mass is 16.6. The number of rotatable bonds is 2. The van der Waals surface area contributed by atoms with Crippen molar-refractivity contribution in [3.63, 3.8) is 0 Å². The van der Waals surface area contributed by atoms with Crippen LogP contribution < -0.4 is 11.1 Å². The van der Waals surface area contributed by atoms with E-state index in [-0.39, 0.29) is 29.7 Å². The van der Waals surface area contributed by atoms with Gasteiger partial charge in [0.1, 0.15) is 5.60 Å². The Balaban J connectivity index is 2.02. The highest BCUT2D eigenvalue weighted by molar-refractivity contribution is 5.80. The normalized spacial score (nSPS) is 33.5. The molecular weight excluding hydrogens is 232 g/mol. The van der Waals surface area contributed by atoms with E-state index in [1.807, 2.05) is 12.2 Å². The Morgan fingerprint density at radius 1 is 1.28 bits per heavy atom. The van der Waals surface area contributed by atoms with Gasteiger partial charge in [-0.2, -0.15) is 0 Å². The van der Waals surface area contributed by atoms with E-state index in [1.54, 1.807) is 20.8 Å². The molecule has 0 aromatic heterocycles. The Morgan fingerprint density at radius 3 is 2.44 bits per heavy atom. The summed E-state index contributed by atoms with van der Waals surface area (Å²) in [6.45, 7) is 5.41. The molecule has 0 heterocycles. The Labute approximate surface area is 107 Å². The van der Waals surface area contributed by atoms with Crippen LogP contribution in [0.4, 0.5) is 4.79 Å². The summed E-state index contributed by atoms with van der Waals surface area (Å²) in [5.41, 5.74) is 4.87. The number of carbonyl (C=O) groups excluding carboxylic acids is 2. The number of carbonyl (C=O) groups is 2. The first-order chi connectivity index (χ1) is 8.28. The Kier molecular flexibility index (Phi) is 3.09. The molecule has 1 fully saturated rings. The van der Waals surface area contributed by atoms with Crippen LogP contribution in [0.5, 0.6) is 0 Å². The summed E-state index contributed by atoms with van der Waals surface area (Å²) < 4.78 is 5.21. The van der Waals surface area contributed by atoms with Crippen LogP contribution in [0.15, 0.2) is 12.2 Å². The molecule has 100 valence electrons. The molecule has 0 radical (unpaired) electrons. The van der Waals surface area contributed by atoms with Gasteiger partial charge < -0.3 is 15.8 Å². The first-order valence-electron chi connectivity index (χ1n) is 6.25. The van der Waals surface area contributed by atoms with Crippen LogP contribution in [0.25, 0.3) is 0 Å². The lowest BCUT2D eigenvalue weighted by atomic mass is 9.88. The van der Waals surface area contributed by atoms with Crippen LogP contribution in [-0.4, -0.2) is 23.6 Å². The smallest absolute Gasteiger partial charge is 0.407 e. The van der Waals surface area contributed by atoms with Crippen molar-refractivity contribution in [2.24, 2.45) is 23.5 Å². The second-order valence-electron chi connectivity index (χ2n) is 6.05. The van der Waals surface area contributed by atoms with E-state index in [9.17, 15) is 9.59 Å². The van der Waals surface area contributed by atoms with Gasteiger partial charge in [-0.25, -0.2) is 4.79 Å². The zero-order valence-corrected chi connectivity index (χ0v) is 11.0. The molecule has 2 amide bonds. The van der Waals surface area contributed by atoms with Gasteiger partial charge in [0, 0.05) is 0 Å². The molecule has 3 N–H and O–H groups in total. The summed E-state index contributed by atoms with van der Waals surface area (Å²) >= 11 is 0. The minimum atomic E-state index is -0.542. The molecule has 2 bridgehead atoms. The average Bonchev–Trinajstić information content (AvgIpc) is 2.73. The summed E-state index contributed by atoms with van der Waals surface area (Å²) in [6, 6.07) is -0.229. The van der Waals surface area contributed by atoms with Crippen LogP contribution in [0.1, 0.15) is 27.2 Å². The van der Waals surface area contributed by atoms with Gasteiger partial charge in [-0.05, 0) is 39.0 Å². The van der Waals surface area contributed by atoms with Gasteiger partial charge in [0.2, 0.25) is 5.91 Å². The van der Waals surface area contributed by atoms with Crippen LogP contribution >= 0.6 is 0 Å². The summed E-state index contributed by atoms with van der Waals surface area (Å²) in [6.07, 6.45) is 4.47. The molecule has 0 aromatic carbocycles. The summed E-state index contributed by atoms with van der Waals surface area (Å²) in [4.78, 5) is 23.2. The summed E-state index contributed by atoms with van der Waals surface area (Å²) in [7, 11) is 0. The lowest BCUT2D eigenvalue weighted by Gasteiger charge is -2.28. The fourth-order valence-electron chi connectivity index (χ4n) is 2.85. The van der Waals surface area contributed by atoms with E-state index in [2.05, 4.69) is 5.32 Å². The van der Waals surface area contributed by atoms with E-state index in [4.69, 9.17) is 10.5 Å². The maximum Gasteiger partial charge on any atom is 0.407 e. The molecule has 0 unspecified atom stereocenters. The number of ether oxygens (including phenoxy) is 1. The molecule has 18 heavy (non-hydrogen) atoms. The number of fused-ring (bicyclic) bond motifs is 2. The SMILES string of the molecule is CC(C)(C)OC(=O)N[C@H]1[C@@H](C(N)=O)[C@H]2C=C[C@H]1C2. The highest BCUT2D eigenvalue weighted by Gasteiger charge is 2.48. The zero-order valence-electron chi connectivity index (χ0n) is 11.0. The van der Waals surface area contributed by atoms with E-state index >= 15 is 0 Å². The first kappa shape index (κ1) is 12.9. The third-order valence-corrected chi connectivity index (χ3v) is 3.47. The minimum absolute atomic E-state index is 0.160. The molecule has 4 atom stereocenters. The molecule has 2 aliphatic carbocycles. The fourth-order valence-corrected chi connectivity index (χ4v) is 2.85. The number of alkyl carbamates (subject to hydrolysis) is 1. The molecule has 0 saturated heterocycles. The topological polar surface area (TPSA) is 81.4 Å². The van der Waals surface area contributed by atoms with Crippen molar-refractivity contribution in [1.82, 2.24) is 5.32 Å².